The predicted molar refractivity (Wildman–Crippen MR) is 89.8 cm³/mol. The average Bonchev–Trinajstić information content (AvgIpc) is 3.12. The molecule has 0 aromatic heterocycles. The van der Waals surface area contributed by atoms with Crippen LogP contribution >= 0.6 is 0 Å². The molecule has 2 rings (SSSR count). The molecule has 1 aliphatic rings. The number of ether oxygens (including phenoxy) is 2. The van der Waals surface area contributed by atoms with E-state index in [1.807, 2.05) is 0 Å². The number of carbonyl (C=O) groups excluding carboxylic acids is 1. The Morgan fingerprint density at radius 2 is 1.96 bits per heavy atom. The van der Waals surface area contributed by atoms with Gasteiger partial charge in [-0.1, -0.05) is 12.8 Å². The minimum atomic E-state index is -1.53. The van der Waals surface area contributed by atoms with E-state index < -0.39 is 46.1 Å². The first kappa shape index (κ1) is 19.8. The molecule has 0 spiro atoms. The van der Waals surface area contributed by atoms with Crippen molar-refractivity contribution in [1.29, 1.82) is 0 Å². The molecule has 0 amide bonds. The van der Waals surface area contributed by atoms with Crippen LogP contribution in [0.5, 0.6) is 5.75 Å². The predicted octanol–water partition coefficient (Wildman–Crippen LogP) is 3.96. The molecule has 0 saturated heterocycles. The quantitative estimate of drug-likeness (QED) is 0.270. The van der Waals surface area contributed by atoms with Crippen LogP contribution in [-0.2, 0) is 9.53 Å². The lowest BCUT2D eigenvalue weighted by atomic mass is 10.1. The smallest absolute Gasteiger partial charge is 0.343 e. The zero-order chi connectivity index (χ0) is 19.3. The van der Waals surface area contributed by atoms with Crippen molar-refractivity contribution in [3.63, 3.8) is 0 Å². The van der Waals surface area contributed by atoms with E-state index in [0.717, 1.165) is 39.0 Å². The molecule has 0 unspecified atom stereocenters. The number of benzene rings is 1. The van der Waals surface area contributed by atoms with Gasteiger partial charge in [0.1, 0.15) is 11.3 Å². The molecule has 0 atom stereocenters. The van der Waals surface area contributed by atoms with Crippen molar-refractivity contribution in [3.8, 4) is 5.75 Å². The molecule has 0 radical (unpaired) electrons. The number of hydrogen-bond donors (Lipinski definition) is 1. The van der Waals surface area contributed by atoms with Gasteiger partial charge >= 0.3 is 5.97 Å². The second-order valence-corrected chi connectivity index (χ2v) is 5.77. The fourth-order valence-corrected chi connectivity index (χ4v) is 2.73. The molecule has 1 aliphatic carbocycles. The highest BCUT2D eigenvalue weighted by Gasteiger charge is 2.26. The van der Waals surface area contributed by atoms with Crippen molar-refractivity contribution in [2.24, 2.45) is 4.99 Å². The normalized spacial score (nSPS) is 16.0. The van der Waals surface area contributed by atoms with Gasteiger partial charge in [-0.25, -0.2) is 13.6 Å². The number of nitrogens with zero attached hydrogens (tertiary/aromatic N) is 1. The van der Waals surface area contributed by atoms with Crippen molar-refractivity contribution in [2.45, 2.75) is 38.6 Å². The summed E-state index contributed by atoms with van der Waals surface area (Å²) in [4.78, 5) is 16.3. The van der Waals surface area contributed by atoms with Gasteiger partial charge in [-0.15, -0.1) is 0 Å². The number of halogens is 3. The number of rotatable bonds is 6. The fourth-order valence-electron chi connectivity index (χ4n) is 2.73. The molecule has 0 heterocycles. The fraction of sp³-hybridized carbons (Fsp3) is 0.444. The van der Waals surface area contributed by atoms with Crippen molar-refractivity contribution >= 4 is 17.9 Å². The maximum atomic E-state index is 14.4. The highest BCUT2D eigenvalue weighted by atomic mass is 19.2. The standard InChI is InChI=1S/C18H20F3NO4/c1-3-26-18(24)12(9-22-10-6-4-5-7-10)16(23)11-8-13(19)15(21)17(25-2)14(11)20/h8-10,23H,3-7H2,1-2H3. The first-order valence-corrected chi connectivity index (χ1v) is 8.26. The largest absolute Gasteiger partial charge is 0.506 e. The van der Waals surface area contributed by atoms with Crippen molar-refractivity contribution in [2.75, 3.05) is 13.7 Å². The summed E-state index contributed by atoms with van der Waals surface area (Å²) in [6.45, 7) is 1.57. The molecule has 0 bridgehead atoms. The lowest BCUT2D eigenvalue weighted by Crippen LogP contribution is -2.13. The SMILES string of the molecule is CCOC(=O)C(C=NC1CCCC1)=C(O)c1cc(F)c(F)c(OC)c1F. The summed E-state index contributed by atoms with van der Waals surface area (Å²) >= 11 is 0. The molecule has 5 nitrogen and oxygen atoms in total. The Balaban J connectivity index is 2.54. The van der Waals surface area contributed by atoms with Gasteiger partial charge in [-0.05, 0) is 25.8 Å². The third kappa shape index (κ3) is 4.17. The first-order valence-electron chi connectivity index (χ1n) is 8.26. The van der Waals surface area contributed by atoms with Crippen LogP contribution in [0.25, 0.3) is 5.76 Å². The molecule has 142 valence electrons. The zero-order valence-corrected chi connectivity index (χ0v) is 14.5. The van der Waals surface area contributed by atoms with Gasteiger partial charge in [0.2, 0.25) is 5.82 Å². The maximum absolute atomic E-state index is 14.4. The van der Waals surface area contributed by atoms with E-state index >= 15 is 0 Å². The van der Waals surface area contributed by atoms with Gasteiger partial charge in [0.25, 0.3) is 0 Å². The van der Waals surface area contributed by atoms with E-state index in [1.54, 1.807) is 6.92 Å². The Morgan fingerprint density at radius 3 is 2.54 bits per heavy atom. The first-order chi connectivity index (χ1) is 12.4. The minimum Gasteiger partial charge on any atom is -0.506 e. The molecule has 1 aromatic carbocycles. The summed E-state index contributed by atoms with van der Waals surface area (Å²) in [6, 6.07) is 0.432. The molecule has 26 heavy (non-hydrogen) atoms. The molecule has 0 aliphatic heterocycles. The summed E-state index contributed by atoms with van der Waals surface area (Å²) in [5.74, 6) is -7.14. The lowest BCUT2D eigenvalue weighted by molar-refractivity contribution is -0.137. The monoisotopic (exact) mass is 371 g/mol. The Hall–Kier alpha value is -2.51. The Labute approximate surface area is 149 Å². The van der Waals surface area contributed by atoms with Crippen molar-refractivity contribution in [3.05, 3.63) is 34.7 Å². The van der Waals surface area contributed by atoms with Crippen LogP contribution in [0.2, 0.25) is 0 Å². The summed E-state index contributed by atoms with van der Waals surface area (Å²) < 4.78 is 51.0. The van der Waals surface area contributed by atoms with Crippen LogP contribution in [0.4, 0.5) is 13.2 Å². The highest BCUT2D eigenvalue weighted by molar-refractivity contribution is 6.15. The molecule has 1 fully saturated rings. The molecular formula is C18H20F3NO4. The zero-order valence-electron chi connectivity index (χ0n) is 14.5. The molecular weight excluding hydrogens is 351 g/mol. The van der Waals surface area contributed by atoms with Gasteiger partial charge in [0, 0.05) is 12.3 Å². The maximum Gasteiger partial charge on any atom is 0.343 e. The number of aliphatic imine (C=N–C) groups is 1. The number of methoxy groups -OCH3 is 1. The second kappa shape index (κ2) is 8.73. The van der Waals surface area contributed by atoms with E-state index in [2.05, 4.69) is 9.73 Å². The molecule has 1 saturated carbocycles. The van der Waals surface area contributed by atoms with Gasteiger partial charge in [0.05, 0.1) is 19.3 Å². The second-order valence-electron chi connectivity index (χ2n) is 5.77. The van der Waals surface area contributed by atoms with Gasteiger partial charge < -0.3 is 14.6 Å². The summed E-state index contributed by atoms with van der Waals surface area (Å²) in [7, 11) is 0.958. The van der Waals surface area contributed by atoms with E-state index in [4.69, 9.17) is 4.74 Å². The van der Waals surface area contributed by atoms with Crippen molar-refractivity contribution in [1.82, 2.24) is 0 Å². The third-order valence-electron chi connectivity index (χ3n) is 4.06. The number of carbonyl (C=O) groups is 1. The summed E-state index contributed by atoms with van der Waals surface area (Å²) in [5.41, 5.74) is -1.16. The highest BCUT2D eigenvalue weighted by Crippen LogP contribution is 2.31. The van der Waals surface area contributed by atoms with Crippen LogP contribution in [0.15, 0.2) is 16.6 Å². The van der Waals surface area contributed by atoms with Gasteiger partial charge in [0.15, 0.2) is 17.4 Å². The molecule has 1 N–H and O–H groups in total. The summed E-state index contributed by atoms with van der Waals surface area (Å²) in [5, 5.41) is 10.4. The van der Waals surface area contributed by atoms with Crippen LogP contribution in [0.1, 0.15) is 38.2 Å². The van der Waals surface area contributed by atoms with E-state index in [1.165, 1.54) is 0 Å². The topological polar surface area (TPSA) is 68.1 Å². The van der Waals surface area contributed by atoms with Crippen LogP contribution in [0.3, 0.4) is 0 Å². The number of aliphatic hydroxyl groups is 1. The van der Waals surface area contributed by atoms with Gasteiger partial charge in [-0.3, -0.25) is 4.99 Å². The number of aliphatic hydroxyl groups excluding tert-OH is 1. The Morgan fingerprint density at radius 1 is 1.31 bits per heavy atom. The minimum absolute atomic E-state index is 0.0104. The molecule has 1 aromatic rings. The van der Waals surface area contributed by atoms with Crippen molar-refractivity contribution < 1.29 is 32.5 Å². The van der Waals surface area contributed by atoms with E-state index in [-0.39, 0.29) is 12.6 Å². The lowest BCUT2D eigenvalue weighted by Gasteiger charge is -2.11. The van der Waals surface area contributed by atoms with Crippen LogP contribution < -0.4 is 4.74 Å². The molecule has 8 heteroatoms. The number of esters is 1. The van der Waals surface area contributed by atoms with Crippen LogP contribution in [-0.4, -0.2) is 37.0 Å². The van der Waals surface area contributed by atoms with E-state index in [9.17, 15) is 23.1 Å². The number of hydrogen-bond acceptors (Lipinski definition) is 5. The Bertz CT molecular complexity index is 740. The summed E-state index contributed by atoms with van der Waals surface area (Å²) in [6.07, 6.45) is 4.76. The van der Waals surface area contributed by atoms with Gasteiger partial charge in [-0.2, -0.15) is 4.39 Å². The third-order valence-corrected chi connectivity index (χ3v) is 4.06. The Kier molecular flexibility index (Phi) is 6.65. The average molecular weight is 371 g/mol. The van der Waals surface area contributed by atoms with E-state index in [0.29, 0.717) is 6.07 Å². The van der Waals surface area contributed by atoms with Crippen LogP contribution in [0, 0.1) is 17.5 Å².